The van der Waals surface area contributed by atoms with Crippen LogP contribution in [0.2, 0.25) is 9.79 Å². The molecule has 1 heterocycles. The van der Waals surface area contributed by atoms with Gasteiger partial charge in [-0.1, -0.05) is 278 Å². The van der Waals surface area contributed by atoms with Crippen LogP contribution in [-0.2, 0) is 30.8 Å². The minimum atomic E-state index is 1.02. The molecule has 1 aliphatic rings. The maximum absolute atomic E-state index is 11.9. The Balaban J connectivity index is 0.000000621. The van der Waals surface area contributed by atoms with Gasteiger partial charge < -0.3 is 5.53 Å². The number of benzene rings is 2. The molecule has 2 aromatic rings. The van der Waals surface area contributed by atoms with E-state index in [1.54, 1.807) is 14.5 Å². The van der Waals surface area contributed by atoms with Crippen molar-refractivity contribution in [3.8, 4) is 0 Å². The molecule has 0 bridgehead atoms. The molecule has 524 valence electrons. The van der Waals surface area contributed by atoms with Gasteiger partial charge in [-0.25, -0.2) is 4.70 Å². The van der Waals surface area contributed by atoms with Gasteiger partial charge in [0.05, 0.1) is 0 Å². The second-order valence-corrected chi connectivity index (χ2v) is 30.9. The fourth-order valence-electron chi connectivity index (χ4n) is 13.8. The minimum absolute atomic E-state index is 1.02. The van der Waals surface area contributed by atoms with E-state index in [4.69, 9.17) is 0 Å². The van der Waals surface area contributed by atoms with Gasteiger partial charge in [0.25, 0.3) is 0 Å². The predicted molar refractivity (Wildman–Crippen MR) is 403 cm³/mol. The zero-order valence-corrected chi connectivity index (χ0v) is 63.3. The molecule has 2 nitrogen and oxygen atoms in total. The first-order chi connectivity index (χ1) is 44.6. The first kappa shape index (κ1) is 84.3. The van der Waals surface area contributed by atoms with Gasteiger partial charge in [-0.3, -0.25) is 0 Å². The van der Waals surface area contributed by atoms with Crippen LogP contribution in [-0.4, -0.2) is 4.70 Å². The molecular formula is C87H156N2Pd. The number of aryl methyl sites for hydroxylation is 2. The predicted octanol–water partition coefficient (Wildman–Crippen LogP) is 31.8. The SMILES string of the molecule is CCCCCCCCC1=C(c2ccc(CCCCC)cc2)[N+](=[N-])C(c2ccc(CCCCC)cc2)=C1CCCCC.CCCCCCCCCCCCCCCCCCCCCCC[CH2][Pd][CH2]CCCCCCCCCCCCCCCCCCCCCCC. The molecule has 0 N–H and O–H groups in total. The van der Waals surface area contributed by atoms with Crippen LogP contribution in [0.5, 0.6) is 0 Å². The summed E-state index contributed by atoms with van der Waals surface area (Å²) in [5, 5.41) is 0. The van der Waals surface area contributed by atoms with Crippen molar-refractivity contribution in [3.05, 3.63) is 87.5 Å². The quantitative estimate of drug-likeness (QED) is 0.0358. The van der Waals surface area contributed by atoms with Crippen LogP contribution < -0.4 is 0 Å². The molecule has 0 radical (unpaired) electrons. The Hall–Kier alpha value is -1.82. The number of allylic oxidation sites excluding steroid dienone is 2. The Morgan fingerprint density at radius 1 is 0.222 bits per heavy atom. The van der Waals surface area contributed by atoms with E-state index in [0.717, 1.165) is 66.2 Å². The van der Waals surface area contributed by atoms with Gasteiger partial charge in [-0.2, -0.15) is 0 Å². The van der Waals surface area contributed by atoms with Crippen molar-refractivity contribution < 1.29 is 22.7 Å². The van der Waals surface area contributed by atoms with E-state index in [-0.39, 0.29) is 0 Å². The first-order valence-corrected chi connectivity index (χ1v) is 43.3. The molecule has 0 saturated carbocycles. The van der Waals surface area contributed by atoms with E-state index in [1.165, 1.54) is 401 Å². The molecule has 90 heavy (non-hydrogen) atoms. The van der Waals surface area contributed by atoms with Crippen LogP contribution in [0, 0.1) is 0 Å². The summed E-state index contributed by atoms with van der Waals surface area (Å²) in [5.41, 5.74) is 21.8. The van der Waals surface area contributed by atoms with Gasteiger partial charge in [0.15, 0.2) is 0 Å². The van der Waals surface area contributed by atoms with E-state index in [1.807, 2.05) is 0 Å². The second kappa shape index (κ2) is 65.8. The van der Waals surface area contributed by atoms with Crippen LogP contribution in [0.3, 0.4) is 0 Å². The minimum Gasteiger partial charge on any atom is -0.0654 e. The van der Waals surface area contributed by atoms with Crippen molar-refractivity contribution in [3.63, 3.8) is 0 Å². The van der Waals surface area contributed by atoms with Gasteiger partial charge in [-0.05, 0) is 86.8 Å². The zero-order valence-electron chi connectivity index (χ0n) is 61.8. The summed E-state index contributed by atoms with van der Waals surface area (Å²) in [6.07, 6.45) is 88.8. The van der Waals surface area contributed by atoms with Crippen LogP contribution >= 0.6 is 0 Å². The summed E-state index contributed by atoms with van der Waals surface area (Å²) in [6, 6.07) is 18.2. The van der Waals surface area contributed by atoms with E-state index >= 15 is 0 Å². The summed E-state index contributed by atoms with van der Waals surface area (Å²) >= 11 is 1.06. The molecule has 0 aromatic heterocycles. The number of hydrogen-bond acceptors (Lipinski definition) is 0. The van der Waals surface area contributed by atoms with Gasteiger partial charge in [0.2, 0.25) is 11.4 Å². The van der Waals surface area contributed by atoms with Crippen LogP contribution in [0.25, 0.3) is 16.9 Å². The van der Waals surface area contributed by atoms with Crippen molar-refractivity contribution in [2.75, 3.05) is 0 Å². The molecule has 0 fully saturated rings. The average molecular weight is 1340 g/mol. The summed E-state index contributed by atoms with van der Waals surface area (Å²) in [7, 11) is 0. The molecule has 0 atom stereocenters. The molecule has 3 heteroatoms. The van der Waals surface area contributed by atoms with Crippen molar-refractivity contribution in [1.82, 2.24) is 0 Å². The Bertz CT molecular complexity index is 1840. The van der Waals surface area contributed by atoms with E-state index in [2.05, 4.69) is 90.1 Å². The fourth-order valence-corrected chi connectivity index (χ4v) is 15.8. The smallest absolute Gasteiger partial charge is 0.0654 e. The molecule has 1 aliphatic heterocycles. The molecule has 3 rings (SSSR count). The van der Waals surface area contributed by atoms with Crippen molar-refractivity contribution in [2.45, 2.75) is 456 Å². The van der Waals surface area contributed by atoms with Gasteiger partial charge >= 0.3 is 169 Å². The van der Waals surface area contributed by atoms with Crippen LogP contribution in [0.1, 0.15) is 455 Å². The third-order valence-electron chi connectivity index (χ3n) is 19.9. The van der Waals surface area contributed by atoms with E-state index < -0.39 is 0 Å². The van der Waals surface area contributed by atoms with Gasteiger partial charge in [0.1, 0.15) is 0 Å². The van der Waals surface area contributed by atoms with Crippen molar-refractivity contribution >= 4 is 11.4 Å². The molecule has 0 spiro atoms. The third-order valence-corrected chi connectivity index (χ3v) is 22.1. The van der Waals surface area contributed by atoms with Crippen LogP contribution in [0.15, 0.2) is 59.7 Å². The standard InChI is InChI=1S/C39H58N2.2C24H49.Pd/c1-5-9-13-14-15-19-23-37-36(22-18-12-8-4)38(34-28-24-32(25-29-34)20-16-10-6-2)41(40)39(37)35-30-26-33(27-31-35)21-17-11-7-3;2*1-3-5-7-9-11-13-15-17-19-21-23-24-22-20-18-16-14-12-10-8-6-4-2;/h24-31H,5-23H2,1-4H3;2*1,3-24H2,2H3;. The Kier molecular flexibility index (Phi) is 61.6. The summed E-state index contributed by atoms with van der Waals surface area (Å²) < 4.78 is 1.56. The van der Waals surface area contributed by atoms with Gasteiger partial charge in [0, 0.05) is 22.3 Å². The fraction of sp³-hybridized carbons (Fsp3) is 0.816. The Morgan fingerprint density at radius 2 is 0.400 bits per heavy atom. The molecular weight excluding hydrogens is 1180 g/mol. The normalized spacial score (nSPS) is 12.6. The van der Waals surface area contributed by atoms with E-state index in [9.17, 15) is 5.53 Å². The monoisotopic (exact) mass is 1340 g/mol. The first-order valence-electron chi connectivity index (χ1n) is 41.1. The Morgan fingerprint density at radius 3 is 0.633 bits per heavy atom. The molecule has 0 amide bonds. The van der Waals surface area contributed by atoms with E-state index in [0.29, 0.717) is 0 Å². The van der Waals surface area contributed by atoms with Crippen molar-refractivity contribution in [2.24, 2.45) is 0 Å². The van der Waals surface area contributed by atoms with Crippen molar-refractivity contribution in [1.29, 1.82) is 0 Å². The molecule has 0 saturated heterocycles. The number of rotatable bonds is 67. The molecule has 2 aromatic carbocycles. The number of hydrogen-bond donors (Lipinski definition) is 0. The summed E-state index contributed by atoms with van der Waals surface area (Å²) in [4.78, 5) is 3.10. The number of nitrogens with zero attached hydrogens (tertiary/aromatic N) is 2. The second-order valence-electron chi connectivity index (χ2n) is 28.6. The third kappa shape index (κ3) is 47.1. The molecule has 0 unspecified atom stereocenters. The number of unbranched alkanes of at least 4 members (excludes halogenated alkanes) is 53. The van der Waals surface area contributed by atoms with Crippen LogP contribution in [0.4, 0.5) is 0 Å². The summed E-state index contributed by atoms with van der Waals surface area (Å²) in [5.74, 6) is 0. The summed E-state index contributed by atoms with van der Waals surface area (Å²) in [6.45, 7) is 13.7. The Labute approximate surface area is 573 Å². The zero-order chi connectivity index (χ0) is 64.5. The average Bonchev–Trinajstić information content (AvgIpc) is 1.70. The maximum atomic E-state index is 11.9. The van der Waals surface area contributed by atoms with Gasteiger partial charge in [-0.15, -0.1) is 0 Å². The molecule has 0 aliphatic carbocycles. The topological polar surface area (TPSA) is 25.3 Å².